The number of hydrogen-bond acceptors (Lipinski definition) is 5. The van der Waals surface area contributed by atoms with Gasteiger partial charge in [0, 0.05) is 19.5 Å². The van der Waals surface area contributed by atoms with Crippen LogP contribution < -0.4 is 5.32 Å². The van der Waals surface area contributed by atoms with E-state index < -0.39 is 0 Å². The third kappa shape index (κ3) is 2.40. The van der Waals surface area contributed by atoms with Gasteiger partial charge in [0.15, 0.2) is 5.13 Å². The zero-order valence-corrected chi connectivity index (χ0v) is 12.7. The molecule has 108 valence electrons. The Labute approximate surface area is 127 Å². The molecule has 1 aromatic carbocycles. The molecule has 0 aliphatic carbocycles. The van der Waals surface area contributed by atoms with E-state index in [9.17, 15) is 0 Å². The molecule has 0 bridgehead atoms. The van der Waals surface area contributed by atoms with Gasteiger partial charge in [-0.1, -0.05) is 23.5 Å². The maximum Gasteiger partial charge on any atom is 0.183 e. The molecule has 1 aliphatic heterocycles. The number of nitrogens with one attached hydrogen (secondary N) is 1. The maximum atomic E-state index is 4.62. The molecule has 0 spiro atoms. The number of nitrogens with zero attached hydrogens (tertiary/aromatic N) is 4. The van der Waals surface area contributed by atoms with Crippen LogP contribution in [-0.2, 0) is 13.0 Å². The third-order valence-electron chi connectivity index (χ3n) is 4.07. The van der Waals surface area contributed by atoms with E-state index in [4.69, 9.17) is 0 Å². The molecule has 2 aromatic heterocycles. The fourth-order valence-corrected chi connectivity index (χ4v) is 3.75. The predicted octanol–water partition coefficient (Wildman–Crippen LogP) is 2.87. The summed E-state index contributed by atoms with van der Waals surface area (Å²) < 4.78 is 3.48. The molecule has 6 heteroatoms. The summed E-state index contributed by atoms with van der Waals surface area (Å²) in [5.74, 6) is 2.76. The monoisotopic (exact) mass is 299 g/mol. The second-order valence-corrected chi connectivity index (χ2v) is 6.58. The average Bonchev–Trinajstić information content (AvgIpc) is 3.09. The number of para-hydroxylation sites is 1. The summed E-state index contributed by atoms with van der Waals surface area (Å²) in [5.41, 5.74) is 1.07. The van der Waals surface area contributed by atoms with E-state index in [1.165, 1.54) is 4.70 Å². The van der Waals surface area contributed by atoms with Crippen LogP contribution in [0.1, 0.15) is 18.1 Å². The topological polar surface area (TPSA) is 55.6 Å². The van der Waals surface area contributed by atoms with Crippen LogP contribution in [0.15, 0.2) is 24.3 Å². The summed E-state index contributed by atoms with van der Waals surface area (Å²) >= 11 is 1.72. The number of aryl methyl sites for hydroxylation is 2. The molecule has 0 radical (unpaired) electrons. The van der Waals surface area contributed by atoms with Gasteiger partial charge >= 0.3 is 0 Å². The Morgan fingerprint density at radius 1 is 1.33 bits per heavy atom. The van der Waals surface area contributed by atoms with E-state index in [1.54, 1.807) is 11.3 Å². The number of thiazole rings is 1. The molecule has 0 amide bonds. The van der Waals surface area contributed by atoms with Crippen molar-refractivity contribution in [2.45, 2.75) is 26.3 Å². The first-order chi connectivity index (χ1) is 10.3. The SMILES string of the molecule is Cc1nnc2n1CC(CNc1nc3ccccc3s1)CC2. The highest BCUT2D eigenvalue weighted by Gasteiger charge is 2.21. The van der Waals surface area contributed by atoms with E-state index >= 15 is 0 Å². The standard InChI is InChI=1S/C15H17N5S/c1-10-18-19-14-7-6-11(9-20(10)14)8-16-15-17-12-4-2-3-5-13(12)21-15/h2-5,11H,6-9H2,1H3,(H,16,17). The van der Waals surface area contributed by atoms with Crippen molar-refractivity contribution in [1.82, 2.24) is 19.7 Å². The summed E-state index contributed by atoms with van der Waals surface area (Å²) in [5, 5.41) is 12.9. The second kappa shape index (κ2) is 5.11. The van der Waals surface area contributed by atoms with Crippen LogP contribution in [0.3, 0.4) is 0 Å². The maximum absolute atomic E-state index is 4.62. The quantitative estimate of drug-likeness (QED) is 0.808. The van der Waals surface area contributed by atoms with Gasteiger partial charge in [0.2, 0.25) is 0 Å². The molecular weight excluding hydrogens is 282 g/mol. The number of aromatic nitrogens is 4. The minimum Gasteiger partial charge on any atom is -0.361 e. The molecule has 3 aromatic rings. The van der Waals surface area contributed by atoms with Gasteiger partial charge in [0.25, 0.3) is 0 Å². The molecule has 1 aliphatic rings. The van der Waals surface area contributed by atoms with Gasteiger partial charge in [-0.05, 0) is 31.4 Å². The molecule has 5 nitrogen and oxygen atoms in total. The van der Waals surface area contributed by atoms with Crippen LogP contribution in [0.5, 0.6) is 0 Å². The Hall–Kier alpha value is -1.95. The van der Waals surface area contributed by atoms with Crippen molar-refractivity contribution >= 4 is 26.7 Å². The third-order valence-corrected chi connectivity index (χ3v) is 5.06. The molecule has 21 heavy (non-hydrogen) atoms. The molecular formula is C15H17N5S. The van der Waals surface area contributed by atoms with Crippen LogP contribution in [0.2, 0.25) is 0 Å². The Bertz CT molecular complexity index is 742. The number of fused-ring (bicyclic) bond motifs is 2. The normalized spacial score (nSPS) is 17.9. The Morgan fingerprint density at radius 3 is 3.14 bits per heavy atom. The minimum absolute atomic E-state index is 0.610. The fourth-order valence-electron chi connectivity index (χ4n) is 2.88. The smallest absolute Gasteiger partial charge is 0.183 e. The van der Waals surface area contributed by atoms with Crippen molar-refractivity contribution in [3.63, 3.8) is 0 Å². The van der Waals surface area contributed by atoms with Gasteiger partial charge in [-0.15, -0.1) is 10.2 Å². The van der Waals surface area contributed by atoms with Crippen molar-refractivity contribution in [2.75, 3.05) is 11.9 Å². The van der Waals surface area contributed by atoms with Crippen molar-refractivity contribution in [3.8, 4) is 0 Å². The molecule has 0 saturated carbocycles. The van der Waals surface area contributed by atoms with Crippen molar-refractivity contribution in [1.29, 1.82) is 0 Å². The molecule has 1 atom stereocenters. The van der Waals surface area contributed by atoms with Gasteiger partial charge in [-0.25, -0.2) is 4.98 Å². The summed E-state index contributed by atoms with van der Waals surface area (Å²) in [7, 11) is 0. The summed E-state index contributed by atoms with van der Waals surface area (Å²) in [6, 6.07) is 8.26. The lowest BCUT2D eigenvalue weighted by atomic mass is 9.99. The number of hydrogen-bond donors (Lipinski definition) is 1. The highest BCUT2D eigenvalue weighted by molar-refractivity contribution is 7.22. The Kier molecular flexibility index (Phi) is 3.11. The lowest BCUT2D eigenvalue weighted by molar-refractivity contribution is 0.377. The van der Waals surface area contributed by atoms with Crippen LogP contribution in [0, 0.1) is 12.8 Å². The highest BCUT2D eigenvalue weighted by atomic mass is 32.1. The lowest BCUT2D eigenvalue weighted by Gasteiger charge is -2.23. The minimum atomic E-state index is 0.610. The van der Waals surface area contributed by atoms with Crippen molar-refractivity contribution in [3.05, 3.63) is 35.9 Å². The first-order valence-electron chi connectivity index (χ1n) is 7.28. The fraction of sp³-hybridized carbons (Fsp3) is 0.400. The number of benzene rings is 1. The zero-order chi connectivity index (χ0) is 14.2. The first-order valence-corrected chi connectivity index (χ1v) is 8.09. The molecule has 1 N–H and O–H groups in total. The van der Waals surface area contributed by atoms with Gasteiger partial charge in [-0.3, -0.25) is 0 Å². The van der Waals surface area contributed by atoms with Crippen LogP contribution in [0.4, 0.5) is 5.13 Å². The van der Waals surface area contributed by atoms with Crippen LogP contribution in [-0.4, -0.2) is 26.3 Å². The van der Waals surface area contributed by atoms with Crippen LogP contribution in [0.25, 0.3) is 10.2 Å². The van der Waals surface area contributed by atoms with Gasteiger partial charge < -0.3 is 9.88 Å². The largest absolute Gasteiger partial charge is 0.361 e. The second-order valence-electron chi connectivity index (χ2n) is 5.55. The van der Waals surface area contributed by atoms with E-state index in [0.717, 1.165) is 48.2 Å². The Morgan fingerprint density at radius 2 is 2.24 bits per heavy atom. The summed E-state index contributed by atoms with van der Waals surface area (Å²) in [6.45, 7) is 3.99. The average molecular weight is 299 g/mol. The van der Waals surface area contributed by atoms with E-state index in [1.807, 2.05) is 13.0 Å². The van der Waals surface area contributed by atoms with E-state index in [2.05, 4.69) is 43.3 Å². The van der Waals surface area contributed by atoms with Gasteiger partial charge in [0.1, 0.15) is 11.6 Å². The number of anilines is 1. The first kappa shape index (κ1) is 12.8. The van der Waals surface area contributed by atoms with Crippen molar-refractivity contribution in [2.24, 2.45) is 5.92 Å². The molecule has 0 saturated heterocycles. The number of rotatable bonds is 3. The van der Waals surface area contributed by atoms with Gasteiger partial charge in [0.05, 0.1) is 10.2 Å². The molecule has 1 unspecified atom stereocenters. The lowest BCUT2D eigenvalue weighted by Crippen LogP contribution is -2.26. The summed E-state index contributed by atoms with van der Waals surface area (Å²) in [6.07, 6.45) is 2.18. The molecule has 4 rings (SSSR count). The molecule has 3 heterocycles. The van der Waals surface area contributed by atoms with Crippen molar-refractivity contribution < 1.29 is 0 Å². The predicted molar refractivity (Wildman–Crippen MR) is 84.7 cm³/mol. The zero-order valence-electron chi connectivity index (χ0n) is 11.9. The van der Waals surface area contributed by atoms with E-state index in [-0.39, 0.29) is 0 Å². The van der Waals surface area contributed by atoms with Gasteiger partial charge in [-0.2, -0.15) is 0 Å². The highest BCUT2D eigenvalue weighted by Crippen LogP contribution is 2.26. The van der Waals surface area contributed by atoms with E-state index in [0.29, 0.717) is 5.92 Å². The summed E-state index contributed by atoms with van der Waals surface area (Å²) in [4.78, 5) is 4.62. The van der Waals surface area contributed by atoms with Crippen LogP contribution >= 0.6 is 11.3 Å². The Balaban J connectivity index is 1.44. The molecule has 0 fully saturated rings.